The van der Waals surface area contributed by atoms with E-state index in [2.05, 4.69) is 6.07 Å². The van der Waals surface area contributed by atoms with E-state index in [1.54, 1.807) is 6.07 Å². The number of hydrogen-bond donors (Lipinski definition) is 1. The maximum atomic E-state index is 14.5. The number of alkyl halides is 1. The highest BCUT2D eigenvalue weighted by Crippen LogP contribution is 2.80. The van der Waals surface area contributed by atoms with E-state index >= 15 is 0 Å². The summed E-state index contributed by atoms with van der Waals surface area (Å²) in [6.45, 7) is 2.00. The summed E-state index contributed by atoms with van der Waals surface area (Å²) in [7, 11) is 0. The molecule has 4 aliphatic rings. The molecule has 5 rings (SSSR count). The van der Waals surface area contributed by atoms with Crippen molar-refractivity contribution >= 4 is 5.78 Å². The number of nitriles is 1. The molecule has 4 unspecified atom stereocenters. The van der Waals surface area contributed by atoms with Gasteiger partial charge in [0.2, 0.25) is 0 Å². The van der Waals surface area contributed by atoms with E-state index in [1.807, 2.05) is 13.0 Å². The minimum atomic E-state index is -1.27. The fourth-order valence-electron chi connectivity index (χ4n) is 6.66. The molecule has 0 heterocycles. The van der Waals surface area contributed by atoms with Crippen LogP contribution in [-0.4, -0.2) is 17.1 Å². The van der Waals surface area contributed by atoms with Gasteiger partial charge in [0.15, 0.2) is 12.0 Å². The highest BCUT2D eigenvalue weighted by Gasteiger charge is 2.81. The zero-order chi connectivity index (χ0) is 16.9. The van der Waals surface area contributed by atoms with E-state index in [0.29, 0.717) is 11.5 Å². The number of phenols is 1. The second kappa shape index (κ2) is 4.20. The number of benzene rings is 1. The van der Waals surface area contributed by atoms with Crippen molar-refractivity contribution in [3.63, 3.8) is 0 Å². The zero-order valence-electron chi connectivity index (χ0n) is 13.7. The third-order valence-corrected chi connectivity index (χ3v) is 7.84. The van der Waals surface area contributed by atoms with E-state index in [9.17, 15) is 19.6 Å². The van der Waals surface area contributed by atoms with Crippen LogP contribution in [0.25, 0.3) is 0 Å². The van der Waals surface area contributed by atoms with Crippen LogP contribution in [-0.2, 0) is 11.2 Å². The molecule has 6 atom stereocenters. The summed E-state index contributed by atoms with van der Waals surface area (Å²) in [5.74, 6) is 0.424. The van der Waals surface area contributed by atoms with Crippen molar-refractivity contribution in [1.29, 1.82) is 5.26 Å². The molecule has 0 amide bonds. The van der Waals surface area contributed by atoms with Crippen molar-refractivity contribution in [2.75, 3.05) is 0 Å². The van der Waals surface area contributed by atoms with Crippen LogP contribution in [0.2, 0.25) is 0 Å². The zero-order valence-corrected chi connectivity index (χ0v) is 13.7. The molecule has 4 heteroatoms. The molecule has 0 saturated heterocycles. The molecule has 24 heavy (non-hydrogen) atoms. The number of Topliss-reactive ketones (excluding diaryl/α,β-unsaturated/α-hetero) is 1. The number of aryl methyl sites for hydroxylation is 1. The van der Waals surface area contributed by atoms with Gasteiger partial charge in [-0.3, -0.25) is 4.79 Å². The molecule has 124 valence electrons. The standard InChI is InChI=1S/C20H20FNO2/c1-19-5-4-12-13-6-11(9-22)16(23)7-10(13)2-3-14(12)20(19)8-15(20)17(21)18(19)24/h6-7,12,14-15,17,23H,2-5,8H2,1H3/t12?,14?,15?,17-,19+,20?/m0/s1. The second-order valence-corrected chi connectivity index (χ2v) is 8.42. The Morgan fingerprint density at radius 2 is 2.12 bits per heavy atom. The van der Waals surface area contributed by atoms with Gasteiger partial charge in [0.1, 0.15) is 11.8 Å². The largest absolute Gasteiger partial charge is 0.507 e. The Labute approximate surface area is 140 Å². The fourth-order valence-corrected chi connectivity index (χ4v) is 6.66. The maximum Gasteiger partial charge on any atom is 0.173 e. The van der Waals surface area contributed by atoms with Crippen molar-refractivity contribution < 1.29 is 14.3 Å². The number of rotatable bonds is 0. The number of carbonyl (C=O) groups is 1. The third-order valence-electron chi connectivity index (χ3n) is 7.84. The minimum absolute atomic E-state index is 0.0534. The Kier molecular flexibility index (Phi) is 2.53. The van der Waals surface area contributed by atoms with Gasteiger partial charge in [-0.25, -0.2) is 4.39 Å². The summed E-state index contributed by atoms with van der Waals surface area (Å²) >= 11 is 0. The first-order valence-corrected chi connectivity index (χ1v) is 8.88. The molecule has 1 N–H and O–H groups in total. The Morgan fingerprint density at radius 3 is 2.88 bits per heavy atom. The molecule has 1 aromatic rings. The van der Waals surface area contributed by atoms with Crippen LogP contribution >= 0.6 is 0 Å². The molecule has 4 aliphatic carbocycles. The lowest BCUT2D eigenvalue weighted by atomic mass is 9.52. The van der Waals surface area contributed by atoms with E-state index in [-0.39, 0.29) is 28.8 Å². The highest BCUT2D eigenvalue weighted by molar-refractivity contribution is 5.94. The monoisotopic (exact) mass is 325 g/mol. The van der Waals surface area contributed by atoms with Gasteiger partial charge in [0.05, 0.1) is 5.56 Å². The van der Waals surface area contributed by atoms with Crippen molar-refractivity contribution in [2.24, 2.45) is 22.7 Å². The van der Waals surface area contributed by atoms with Crippen molar-refractivity contribution in [2.45, 2.75) is 51.1 Å². The number of hydrogen-bond acceptors (Lipinski definition) is 3. The second-order valence-electron chi connectivity index (χ2n) is 8.42. The van der Waals surface area contributed by atoms with E-state index in [0.717, 1.165) is 43.2 Å². The Morgan fingerprint density at radius 1 is 1.33 bits per heavy atom. The van der Waals surface area contributed by atoms with Gasteiger partial charge in [-0.2, -0.15) is 5.26 Å². The first-order chi connectivity index (χ1) is 11.4. The SMILES string of the molecule is C[C@]12CCC3c4cc(C#N)c(O)cc4CCC3C13CC3[C@H](F)C2=O. The number of carbonyl (C=O) groups excluding carboxylic acids is 1. The van der Waals surface area contributed by atoms with Crippen LogP contribution < -0.4 is 0 Å². The summed E-state index contributed by atoms with van der Waals surface area (Å²) in [6, 6.07) is 5.63. The number of aromatic hydroxyl groups is 1. The fraction of sp³-hybridized carbons (Fsp3) is 0.600. The number of halogens is 1. The van der Waals surface area contributed by atoms with Gasteiger partial charge in [-0.15, -0.1) is 0 Å². The number of ketones is 1. The van der Waals surface area contributed by atoms with Gasteiger partial charge in [-0.1, -0.05) is 6.92 Å². The van der Waals surface area contributed by atoms with Crippen LogP contribution in [0.15, 0.2) is 12.1 Å². The first kappa shape index (κ1) is 14.5. The van der Waals surface area contributed by atoms with E-state index < -0.39 is 11.6 Å². The summed E-state index contributed by atoms with van der Waals surface area (Å²) in [6.07, 6.45) is 2.98. The van der Waals surface area contributed by atoms with Crippen LogP contribution in [0.1, 0.15) is 55.2 Å². The topological polar surface area (TPSA) is 61.1 Å². The molecular formula is C20H20FNO2. The number of fused-ring (bicyclic) bond motifs is 3. The van der Waals surface area contributed by atoms with Crippen LogP contribution in [0.5, 0.6) is 5.75 Å². The van der Waals surface area contributed by atoms with Crippen LogP contribution in [0.4, 0.5) is 4.39 Å². The molecule has 0 bridgehead atoms. The Balaban J connectivity index is 1.62. The lowest BCUT2D eigenvalue weighted by molar-refractivity contribution is -0.136. The van der Waals surface area contributed by atoms with Gasteiger partial charge in [0.25, 0.3) is 0 Å². The van der Waals surface area contributed by atoms with Gasteiger partial charge < -0.3 is 5.11 Å². The lowest BCUT2D eigenvalue weighted by Gasteiger charge is -2.50. The molecule has 3 fully saturated rings. The van der Waals surface area contributed by atoms with Crippen molar-refractivity contribution in [1.82, 2.24) is 0 Å². The van der Waals surface area contributed by atoms with Crippen LogP contribution in [0, 0.1) is 34.0 Å². The average Bonchev–Trinajstić information content (AvgIpc) is 3.29. The number of phenolic OH excluding ortho intramolecular Hbond substituents is 1. The smallest absolute Gasteiger partial charge is 0.173 e. The number of nitrogens with zero attached hydrogens (tertiary/aromatic N) is 1. The van der Waals surface area contributed by atoms with Gasteiger partial charge in [-0.05, 0) is 72.6 Å². The molecule has 0 aromatic heterocycles. The summed E-state index contributed by atoms with van der Waals surface area (Å²) in [5.41, 5.74) is 1.93. The quantitative estimate of drug-likeness (QED) is 0.792. The summed E-state index contributed by atoms with van der Waals surface area (Å²) < 4.78 is 14.5. The first-order valence-electron chi connectivity index (χ1n) is 8.88. The Bertz CT molecular complexity index is 828. The summed E-state index contributed by atoms with van der Waals surface area (Å²) in [5, 5.41) is 19.2. The van der Waals surface area contributed by atoms with E-state index in [4.69, 9.17) is 0 Å². The summed E-state index contributed by atoms with van der Waals surface area (Å²) in [4.78, 5) is 12.5. The predicted molar refractivity (Wildman–Crippen MR) is 85.2 cm³/mol. The molecule has 0 radical (unpaired) electrons. The Hall–Kier alpha value is -1.89. The molecule has 1 aromatic carbocycles. The minimum Gasteiger partial charge on any atom is -0.507 e. The molecule has 3 saturated carbocycles. The lowest BCUT2D eigenvalue weighted by Crippen LogP contribution is -2.46. The maximum absolute atomic E-state index is 14.5. The van der Waals surface area contributed by atoms with Gasteiger partial charge >= 0.3 is 0 Å². The third kappa shape index (κ3) is 1.37. The van der Waals surface area contributed by atoms with Crippen molar-refractivity contribution in [3.8, 4) is 11.8 Å². The van der Waals surface area contributed by atoms with Crippen LogP contribution in [0.3, 0.4) is 0 Å². The molecular weight excluding hydrogens is 305 g/mol. The van der Waals surface area contributed by atoms with E-state index in [1.165, 1.54) is 0 Å². The normalized spacial score (nSPS) is 44.8. The molecule has 3 nitrogen and oxygen atoms in total. The predicted octanol–water partition coefficient (Wildman–Crippen LogP) is 3.64. The molecule has 0 aliphatic heterocycles. The average molecular weight is 325 g/mol. The van der Waals surface area contributed by atoms with Crippen molar-refractivity contribution in [3.05, 3.63) is 28.8 Å². The highest BCUT2D eigenvalue weighted by atomic mass is 19.1. The molecule has 1 spiro atoms. The van der Waals surface area contributed by atoms with Gasteiger partial charge in [0, 0.05) is 11.3 Å².